The Bertz CT molecular complexity index is 5670. The van der Waals surface area contributed by atoms with Gasteiger partial charge in [0.05, 0.1) is 44.2 Å². The Morgan fingerprint density at radius 2 is 0.701 bits per heavy atom. The summed E-state index contributed by atoms with van der Waals surface area (Å²) in [5.74, 6) is -2.90. The van der Waals surface area contributed by atoms with Crippen LogP contribution in [0.15, 0.2) is 260 Å². The molecule has 8 bridgehead atoms. The molecule has 3 aliphatic rings. The van der Waals surface area contributed by atoms with Crippen LogP contribution in [0.25, 0.3) is 83.6 Å². The van der Waals surface area contributed by atoms with Crippen molar-refractivity contribution in [1.82, 2.24) is 19.9 Å². The van der Waals surface area contributed by atoms with E-state index < -0.39 is 23.9 Å². The number of carbonyl (C=O) groups excluding carboxylic acids is 4. The quantitative estimate of drug-likeness (QED) is 0.0581. The first kappa shape index (κ1) is 60.7. The van der Waals surface area contributed by atoms with Crippen molar-refractivity contribution in [3.63, 3.8) is 0 Å². The predicted octanol–water partition coefficient (Wildman–Crippen LogP) is 14.4. The van der Waals surface area contributed by atoms with Gasteiger partial charge in [0.2, 0.25) is 0 Å². The number of hydrogen-bond donors (Lipinski definition) is 4. The summed E-state index contributed by atoms with van der Waals surface area (Å²) in [7, 11) is 0. The Balaban J connectivity index is 1.18. The number of esters is 4. The lowest BCUT2D eigenvalue weighted by molar-refractivity contribution is -0.138. The summed E-state index contributed by atoms with van der Waals surface area (Å²) in [6.07, 6.45) is 22.8. The first-order chi connectivity index (χ1) is 47.6. The van der Waals surface area contributed by atoms with Crippen LogP contribution in [0.5, 0.6) is 0 Å². The van der Waals surface area contributed by atoms with Crippen molar-refractivity contribution < 1.29 is 38.1 Å². The lowest BCUT2D eigenvalue weighted by Gasteiger charge is -2.11. The molecular formula is C85H64N4O8. The molecule has 0 spiro atoms. The first-order valence-corrected chi connectivity index (χ1v) is 32.3. The van der Waals surface area contributed by atoms with Gasteiger partial charge < -0.3 is 38.9 Å². The molecule has 12 heteroatoms. The fourth-order valence-corrected chi connectivity index (χ4v) is 13.3. The van der Waals surface area contributed by atoms with Gasteiger partial charge in [-0.1, -0.05) is 231 Å². The van der Waals surface area contributed by atoms with E-state index in [1.54, 1.807) is 6.08 Å². The van der Waals surface area contributed by atoms with Crippen LogP contribution in [-0.4, -0.2) is 43.8 Å². The van der Waals surface area contributed by atoms with Gasteiger partial charge in [-0.05, 0) is 117 Å². The molecule has 0 unspecified atom stereocenters. The van der Waals surface area contributed by atoms with Crippen molar-refractivity contribution in [1.29, 1.82) is 0 Å². The number of carbonyl (C=O) groups is 4. The summed E-state index contributed by atoms with van der Waals surface area (Å²) in [5, 5.41) is 6.73. The lowest BCUT2D eigenvalue weighted by Crippen LogP contribution is -2.26. The van der Waals surface area contributed by atoms with Crippen molar-refractivity contribution in [3.8, 4) is 0 Å². The smallest absolute Gasteiger partial charge is 0.342 e. The van der Waals surface area contributed by atoms with Crippen LogP contribution in [0.3, 0.4) is 0 Å². The summed E-state index contributed by atoms with van der Waals surface area (Å²) in [5.41, 5.74) is 8.16. The third-order valence-electron chi connectivity index (χ3n) is 18.1. The monoisotopic (exact) mass is 1270 g/mol. The highest BCUT2D eigenvalue weighted by Gasteiger charge is 2.34. The van der Waals surface area contributed by atoms with Crippen LogP contribution in [0.2, 0.25) is 0 Å². The maximum atomic E-state index is 16.3. The van der Waals surface area contributed by atoms with Gasteiger partial charge >= 0.3 is 23.9 Å². The SMILES string of the molecule is C=Cc1c2[nH]c(c1/C=C1/C=CC=CC1)C(C(=O)OCc1ccccc1)=c1[nH]c(c(/C=C3/C=CC=CC3)c1C)=C(C(=O)OCc1ccccc1)c1[nH]c(c3cc4ccccc4cc13)C(C(=O)OCc1ccccc1)=c1[nH]c(c3cc4ccccc4cc13)=C2C(=O)OCc1ccccc1. The number of nitrogens with one attached hydrogen (secondary N) is 4. The molecule has 0 fully saturated rings. The highest BCUT2D eigenvalue weighted by molar-refractivity contribution is 6.27. The van der Waals surface area contributed by atoms with Crippen LogP contribution < -0.4 is 21.4 Å². The summed E-state index contributed by atoms with van der Waals surface area (Å²) in [6, 6.07) is 61.6. The van der Waals surface area contributed by atoms with E-state index in [4.69, 9.17) is 18.9 Å². The third kappa shape index (κ3) is 11.9. The predicted molar refractivity (Wildman–Crippen MR) is 383 cm³/mol. The zero-order valence-corrected chi connectivity index (χ0v) is 53.0. The Morgan fingerprint density at radius 1 is 0.371 bits per heavy atom. The highest BCUT2D eigenvalue weighted by Crippen LogP contribution is 2.38. The molecular weight excluding hydrogens is 1200 g/mol. The number of benzene rings is 8. The molecule has 0 saturated heterocycles. The van der Waals surface area contributed by atoms with E-state index in [-0.39, 0.29) is 70.8 Å². The van der Waals surface area contributed by atoms with Crippen molar-refractivity contribution >= 4 is 107 Å². The van der Waals surface area contributed by atoms with E-state index >= 15 is 19.2 Å². The largest absolute Gasteiger partial charge is 0.457 e. The summed E-state index contributed by atoms with van der Waals surface area (Å²) >= 11 is 0. The molecule has 5 heterocycles. The number of aromatic nitrogens is 4. The van der Waals surface area contributed by atoms with Gasteiger partial charge in [-0.2, -0.15) is 0 Å². The number of hydrogen-bond acceptors (Lipinski definition) is 8. The van der Waals surface area contributed by atoms with E-state index in [0.29, 0.717) is 78.7 Å². The molecule has 1 aliphatic heterocycles. The van der Waals surface area contributed by atoms with Crippen molar-refractivity contribution in [2.45, 2.75) is 46.2 Å². The second-order valence-corrected chi connectivity index (χ2v) is 24.2. The number of fused-ring (bicyclic) bond motifs is 16. The minimum atomic E-state index is -0.737. The minimum Gasteiger partial charge on any atom is -0.457 e. The van der Waals surface area contributed by atoms with Crippen LogP contribution in [0.1, 0.15) is 80.1 Å². The third-order valence-corrected chi connectivity index (χ3v) is 18.1. The number of ether oxygens (including phenoxy) is 4. The topological polar surface area (TPSA) is 168 Å². The molecule has 0 radical (unpaired) electrons. The standard InChI is InChI=1S/C85H64N4O8/c1-3-63-65(43-54-28-12-5-13-29-54)77-70(82(90)94-48-55-30-14-6-15-31-55)74-52(2)64(42-53-26-10-4-11-27-53)76(86-74)72(84(92)96-50-57-34-18-8-19-35-57)79-67-45-60-39-23-25-41-62(60)47-69(67)81(89-79)73(85(93)97-51-58-36-20-9-21-37-58)80-68-46-61-40-24-22-38-59(61)44-66(68)78(88-80)71(75(63)87-77)83(91)95-49-56-32-16-7-17-33-56/h3-26,28,30-47,86-89H,1,27,29,48-51H2,2H3/b53-42-,54-43-,74-70?,75-71?,76-72?,77-70?,78-71?,79-72?,80-73?,81-73?. The highest BCUT2D eigenvalue weighted by atomic mass is 16.5. The Labute approximate surface area is 557 Å². The van der Waals surface area contributed by atoms with Gasteiger partial charge in [-0.3, -0.25) is 0 Å². The van der Waals surface area contributed by atoms with Crippen LogP contribution in [-0.2, 0) is 64.6 Å². The molecule has 2 aliphatic carbocycles. The molecule has 15 rings (SSSR count). The minimum absolute atomic E-state index is 0.0368. The van der Waals surface area contributed by atoms with E-state index in [9.17, 15) is 0 Å². The van der Waals surface area contributed by atoms with E-state index in [2.05, 4.69) is 32.6 Å². The average Bonchev–Trinajstić information content (AvgIpc) is 1.57. The van der Waals surface area contributed by atoms with Gasteiger partial charge in [-0.15, -0.1) is 0 Å². The van der Waals surface area contributed by atoms with E-state index in [0.717, 1.165) is 54.9 Å². The molecule has 4 N–H and O–H groups in total. The normalized spacial score (nSPS) is 14.3. The van der Waals surface area contributed by atoms with E-state index in [1.807, 2.05) is 256 Å². The zero-order chi connectivity index (χ0) is 65.9. The number of rotatable bonds is 15. The second kappa shape index (κ2) is 26.5. The molecule has 4 aromatic heterocycles. The van der Waals surface area contributed by atoms with Gasteiger partial charge in [-0.25, -0.2) is 19.2 Å². The average molecular weight is 1270 g/mol. The molecule has 0 saturated carbocycles. The molecule has 12 aromatic rings. The van der Waals surface area contributed by atoms with Gasteiger partial charge in [0.25, 0.3) is 0 Å². The number of allylic oxidation sites excluding steroid dienone is 10. The van der Waals surface area contributed by atoms with Crippen LogP contribution in [0.4, 0.5) is 0 Å². The van der Waals surface area contributed by atoms with Gasteiger partial charge in [0.1, 0.15) is 48.7 Å². The summed E-state index contributed by atoms with van der Waals surface area (Å²) in [6.45, 7) is 5.97. The summed E-state index contributed by atoms with van der Waals surface area (Å²) < 4.78 is 26.2. The Morgan fingerprint density at radius 3 is 1.09 bits per heavy atom. The van der Waals surface area contributed by atoms with Crippen LogP contribution >= 0.6 is 0 Å². The summed E-state index contributed by atoms with van der Waals surface area (Å²) in [4.78, 5) is 80.1. The fourth-order valence-electron chi connectivity index (χ4n) is 13.3. The first-order valence-electron chi connectivity index (χ1n) is 32.3. The van der Waals surface area contributed by atoms with Crippen molar-refractivity contribution in [3.05, 3.63) is 349 Å². The molecule has 97 heavy (non-hydrogen) atoms. The molecule has 8 aromatic carbocycles. The molecule has 0 atom stereocenters. The number of aromatic amines is 4. The van der Waals surface area contributed by atoms with E-state index in [1.165, 1.54) is 0 Å². The van der Waals surface area contributed by atoms with Crippen molar-refractivity contribution in [2.24, 2.45) is 0 Å². The van der Waals surface area contributed by atoms with Crippen LogP contribution in [0, 0.1) is 6.92 Å². The Hall–Kier alpha value is -12.5. The maximum Gasteiger partial charge on any atom is 0.342 e. The maximum absolute atomic E-state index is 16.3. The second-order valence-electron chi connectivity index (χ2n) is 24.2. The lowest BCUT2D eigenvalue weighted by atomic mass is 9.95. The van der Waals surface area contributed by atoms with Gasteiger partial charge in [0.15, 0.2) is 0 Å². The molecule has 472 valence electrons. The molecule has 0 amide bonds. The van der Waals surface area contributed by atoms with Crippen molar-refractivity contribution in [2.75, 3.05) is 0 Å². The Kier molecular flexibility index (Phi) is 16.6. The molecule has 12 nitrogen and oxygen atoms in total. The number of H-pyrrole nitrogens is 4. The zero-order valence-electron chi connectivity index (χ0n) is 53.0. The van der Waals surface area contributed by atoms with Gasteiger partial charge in [0, 0.05) is 38.2 Å². The fraction of sp³-hybridized carbons (Fsp3) is 0.0824.